The largest absolute Gasteiger partial charge is 1.00 e. The summed E-state index contributed by atoms with van der Waals surface area (Å²) in [6, 6.07) is 46.6. The molecular weight excluding hydrogens is 2040 g/mol. The quantitative estimate of drug-likeness (QED) is 0.00738. The number of benzene rings is 7. The van der Waals surface area contributed by atoms with Gasteiger partial charge in [0.05, 0.1) is 82.8 Å². The number of primary amides is 2. The number of carbonyl (C=O) groups excluding carboxylic acids is 8. The fourth-order valence-corrected chi connectivity index (χ4v) is 14.2. The van der Waals surface area contributed by atoms with Gasteiger partial charge in [-0.1, -0.05) is 189 Å². The van der Waals surface area contributed by atoms with Crippen molar-refractivity contribution in [3.8, 4) is 0 Å². The average molecular weight is 2150 g/mol. The van der Waals surface area contributed by atoms with E-state index in [2.05, 4.69) is 135 Å². The van der Waals surface area contributed by atoms with Crippen molar-refractivity contribution in [2.45, 2.75) is 97.8 Å². The van der Waals surface area contributed by atoms with Crippen molar-refractivity contribution in [2.24, 2.45) is 11.5 Å². The first-order chi connectivity index (χ1) is 63.4. The summed E-state index contributed by atoms with van der Waals surface area (Å²) in [6.45, 7) is 17.6. The molecule has 0 atom stereocenters. The minimum Gasteiger partial charge on any atom is -0.850 e. The van der Waals surface area contributed by atoms with Gasteiger partial charge in [-0.25, -0.2) is 9.59 Å². The fourth-order valence-electron chi connectivity index (χ4n) is 13.0. The van der Waals surface area contributed by atoms with Gasteiger partial charge in [-0.05, 0) is 191 Å². The van der Waals surface area contributed by atoms with E-state index in [-0.39, 0.29) is 87.2 Å². The van der Waals surface area contributed by atoms with Crippen LogP contribution >= 0.6 is 106 Å². The molecule has 0 aliphatic carbocycles. The van der Waals surface area contributed by atoms with E-state index >= 15 is 0 Å². The van der Waals surface area contributed by atoms with E-state index in [4.69, 9.17) is 79.3 Å². The summed E-state index contributed by atoms with van der Waals surface area (Å²) in [6.07, 6.45) is 16.1. The number of rotatable bonds is 24. The number of unbranched alkanes of at least 4 members (excludes halogenated alkanes) is 1. The van der Waals surface area contributed by atoms with Gasteiger partial charge in [0.1, 0.15) is 5.69 Å². The van der Waals surface area contributed by atoms with Crippen molar-refractivity contribution in [1.29, 1.82) is 0 Å². The molecule has 134 heavy (non-hydrogen) atoms. The SMILES string of the molecule is BrCCBr.C1CCOC1.C=Cn1cc(C2=C(c3nn(CCCN(C)C)c4ccccc34)C(=O)NC2=O)c2cc(Cl)ccc21.CC(C)(C)[O-].CCCCN(C)C.CN(C)CCCCl.COC(=O)C(=O)c1c[nH]c2ccc(Cl)cc12.COC(=O)C(=O)c1cn(CCBr)c2ccc(Cl)cc12.Clc1ccc2[nH]ccc2c1.NC(=O)Cc1[nH]nc2ccccc12.NC(=O)Cc1[nH]nc2ccccc12.[K+]. The number of methoxy groups -OCH3 is 2. The molecule has 14 aromatic rings. The molecule has 0 bridgehead atoms. The molecule has 0 spiro atoms. The van der Waals surface area contributed by atoms with Crippen LogP contribution in [0.15, 0.2) is 183 Å². The molecule has 2 aliphatic rings. The van der Waals surface area contributed by atoms with Crippen LogP contribution < -0.4 is 73.3 Å². The molecule has 4 amide bonds. The standard InChI is InChI=1S/C26H24ClN5O2.C13H11BrClNO3.C11H8ClNO3.2C9H9N3O.C8H6ClN.C6H15N.C5H12ClN.C4H8O.C4H9O.C2H4Br2.K/c1-4-31-15-19(18-14-16(27)10-11-20(18)31)22-23(26(34)28-25(22)33)24-17-8-5-6-9-21(17)32(29-24)13-7-12-30(2)3;1-19-13(18)12(17)10-7-16(5-4-14)11-3-2-8(15)6-9(10)11;1-16-11(15)10(14)8-5-13-9-3-2-6(12)4-7(8)9;2*10-9(13)5-8-6-3-1-2-4-7(6)11-12-8;9-7-1-2-8-6(5-7)3-4-10-8;1-4-5-6-7(2)3;1-7(2)5-3-4-6;1-2-4-5-3-1;1-4(2,3)5;3-1-2-4;/h4-6,8-11,14-15H,1,7,12-13H2,2-3H3,(H,28,33,34);2-3,6-7H,4-5H2,1H3;2-5,13H,1H3;2*1-4H,5H2,(H2,10,13)(H,11,12);1-5,10H;4-6H2,1-3H3;3-5H2,1-2H3;1-4H2;1-3H3;1-2H2;/q;;;;;;;;;-1;;+1. The number of ether oxygens (including phenoxy) is 3. The number of ketones is 2. The Morgan fingerprint density at radius 3 is 1.53 bits per heavy atom. The van der Waals surface area contributed by atoms with Crippen LogP contribution in [0, 0.1) is 0 Å². The van der Waals surface area contributed by atoms with Crippen LogP contribution in [-0.4, -0.2) is 228 Å². The third-order valence-corrected chi connectivity index (χ3v) is 22.4. The van der Waals surface area contributed by atoms with Crippen molar-refractivity contribution in [3.63, 3.8) is 0 Å². The third kappa shape index (κ3) is 37.3. The number of imide groups is 1. The third-order valence-electron chi connectivity index (χ3n) is 19.0. The van der Waals surface area contributed by atoms with Crippen molar-refractivity contribution >= 4 is 247 Å². The maximum Gasteiger partial charge on any atom is 1.00 e. The molecule has 16 rings (SSSR count). The second kappa shape index (κ2) is 60.1. The molecular formula is C97H115Br3Cl5KN16O12. The van der Waals surface area contributed by atoms with Crippen molar-refractivity contribution in [1.82, 2.24) is 69.3 Å². The monoisotopic (exact) mass is 2150 g/mol. The maximum absolute atomic E-state index is 13.1. The number of hydrogen-bond donors (Lipinski definition) is 7. The van der Waals surface area contributed by atoms with Crippen molar-refractivity contribution in [2.75, 3.05) is 111 Å². The molecule has 0 unspecified atom stereocenters. The van der Waals surface area contributed by atoms with Crippen LogP contribution in [0.5, 0.6) is 0 Å². The van der Waals surface area contributed by atoms with E-state index in [1.807, 2.05) is 157 Å². The van der Waals surface area contributed by atoms with E-state index in [1.54, 1.807) is 81.8 Å². The zero-order chi connectivity index (χ0) is 98.0. The molecule has 28 nitrogen and oxygen atoms in total. The molecule has 9 heterocycles. The Balaban J connectivity index is 0.000000277. The van der Waals surface area contributed by atoms with Gasteiger partial charge in [0.2, 0.25) is 11.8 Å². The van der Waals surface area contributed by atoms with Gasteiger partial charge < -0.3 is 64.6 Å². The number of carbonyl (C=O) groups is 8. The van der Waals surface area contributed by atoms with Crippen molar-refractivity contribution < 1.29 is 109 Å². The zero-order valence-electron chi connectivity index (χ0n) is 77.6. The Morgan fingerprint density at radius 1 is 0.567 bits per heavy atom. The summed E-state index contributed by atoms with van der Waals surface area (Å²) in [5.41, 5.74) is 19.5. The predicted octanol–water partition coefficient (Wildman–Crippen LogP) is 15.7. The summed E-state index contributed by atoms with van der Waals surface area (Å²) < 4.78 is 19.4. The Labute approximate surface area is 873 Å². The first-order valence-electron chi connectivity index (χ1n) is 42.3. The number of nitrogens with one attached hydrogen (secondary N) is 5. The van der Waals surface area contributed by atoms with E-state index in [0.29, 0.717) is 61.3 Å². The molecule has 0 saturated carbocycles. The van der Waals surface area contributed by atoms with Crippen LogP contribution in [0.3, 0.4) is 0 Å². The van der Waals surface area contributed by atoms with Gasteiger partial charge in [-0.15, -0.1) is 17.2 Å². The average Bonchev–Trinajstić information content (AvgIpc) is 1.54. The predicted molar refractivity (Wildman–Crippen MR) is 549 cm³/mol. The van der Waals surface area contributed by atoms with Gasteiger partial charge in [0.15, 0.2) is 0 Å². The summed E-state index contributed by atoms with van der Waals surface area (Å²) >= 11 is 39.0. The number of esters is 2. The number of aromatic amines is 4. The number of aryl methyl sites for hydroxylation is 2. The summed E-state index contributed by atoms with van der Waals surface area (Å²) in [4.78, 5) is 106. The van der Waals surface area contributed by atoms with Crippen LogP contribution in [0.4, 0.5) is 0 Å². The Bertz CT molecular complexity index is 6100. The van der Waals surface area contributed by atoms with Gasteiger partial charge in [0.25, 0.3) is 23.4 Å². The molecule has 7 aromatic heterocycles. The number of halogens is 8. The van der Waals surface area contributed by atoms with Crippen molar-refractivity contribution in [3.05, 3.63) is 237 Å². The number of fused-ring (bicyclic) bond motifs is 7. The molecule has 1 saturated heterocycles. The maximum atomic E-state index is 13.1. The van der Waals surface area contributed by atoms with Crippen LogP contribution in [0.25, 0.3) is 93.7 Å². The number of nitrogens with two attached hydrogens (primary N) is 2. The number of hydrogen-bond acceptors (Lipinski definition) is 18. The molecule has 1 fully saturated rings. The Kier molecular flexibility index (Phi) is 51.9. The first-order valence-corrected chi connectivity index (χ1v) is 47.8. The molecule has 9 N–H and O–H groups in total. The summed E-state index contributed by atoms with van der Waals surface area (Å²) in [7, 11) is 14.7. The number of para-hydroxylation sites is 3. The molecule has 7 aromatic carbocycles. The van der Waals surface area contributed by atoms with Gasteiger partial charge >= 0.3 is 63.3 Å². The molecule has 0 radical (unpaired) electrons. The molecule has 2 aliphatic heterocycles. The van der Waals surface area contributed by atoms with Gasteiger partial charge in [-0.3, -0.25) is 49.0 Å². The second-order valence-corrected chi connectivity index (χ2v) is 35.9. The topological polar surface area (TPSA) is 378 Å². The van der Waals surface area contributed by atoms with Crippen LogP contribution in [0.1, 0.15) is 110 Å². The van der Waals surface area contributed by atoms with E-state index < -0.39 is 40.9 Å². The van der Waals surface area contributed by atoms with Gasteiger partial charge in [-0.2, -0.15) is 15.3 Å². The Morgan fingerprint density at radius 2 is 1.04 bits per heavy atom. The molecule has 37 heteroatoms. The van der Waals surface area contributed by atoms with E-state index in [0.717, 1.165) is 143 Å². The summed E-state index contributed by atoms with van der Waals surface area (Å²) in [5.74, 6) is -3.95. The zero-order valence-corrected chi connectivity index (χ0v) is 89.2. The number of nitrogens with zero attached hydrogens (tertiary/aromatic N) is 9. The molecule has 712 valence electrons. The number of H-pyrrole nitrogens is 4. The van der Waals surface area contributed by atoms with E-state index in [1.165, 1.54) is 52.6 Å². The number of alkyl halides is 4. The Hall–Kier alpha value is -8.72. The number of Topliss-reactive ketones (excluding diaryl/α,β-unsaturated/α-hetero) is 2. The minimum atomic E-state index is -0.888. The van der Waals surface area contributed by atoms with E-state index in [9.17, 15) is 43.5 Å². The first kappa shape index (κ1) is 116. The number of amides is 4. The van der Waals surface area contributed by atoms with Crippen LogP contribution in [-0.2, 0) is 68.9 Å². The smallest absolute Gasteiger partial charge is 0.850 e. The number of aromatic nitrogens is 10. The van der Waals surface area contributed by atoms with Crippen LogP contribution in [0.2, 0.25) is 20.1 Å². The second-order valence-electron chi connectivity index (χ2n) is 31.4. The van der Waals surface area contributed by atoms with Gasteiger partial charge in [0, 0.05) is 159 Å². The normalized spacial score (nSPS) is 11.8. The fraction of sp³-hybridized carbons (Fsp3) is 0.330. The minimum absolute atomic E-state index is 0. The summed E-state index contributed by atoms with van der Waals surface area (Å²) in [5, 5.41) is 42.2.